The van der Waals surface area contributed by atoms with Crippen molar-refractivity contribution < 1.29 is 29.3 Å². The molecule has 20 heavy (non-hydrogen) atoms. The van der Waals surface area contributed by atoms with Gasteiger partial charge in [0.1, 0.15) is 5.60 Å². The van der Waals surface area contributed by atoms with Crippen LogP contribution in [0.1, 0.15) is 27.2 Å². The number of aliphatic carboxylic acids is 2. The highest BCUT2D eigenvalue weighted by atomic mass is 16.6. The van der Waals surface area contributed by atoms with E-state index in [2.05, 4.69) is 10.6 Å². The van der Waals surface area contributed by atoms with Crippen LogP contribution in [0.5, 0.6) is 0 Å². The van der Waals surface area contributed by atoms with Crippen LogP contribution in [0.4, 0.5) is 4.79 Å². The summed E-state index contributed by atoms with van der Waals surface area (Å²) in [7, 11) is 0. The molecular weight excluding hydrogens is 268 g/mol. The summed E-state index contributed by atoms with van der Waals surface area (Å²) in [6.45, 7) is 8.36. The SMILES string of the molecule is CC(C)(C)OC(=O)NC[C@@H]1CCNC1.O=C(O)C(=O)O. The van der Waals surface area contributed by atoms with Crippen LogP contribution >= 0.6 is 0 Å². The monoisotopic (exact) mass is 290 g/mol. The molecular formula is C12H22N2O6. The Morgan fingerprint density at radius 1 is 1.25 bits per heavy atom. The topological polar surface area (TPSA) is 125 Å². The summed E-state index contributed by atoms with van der Waals surface area (Å²) in [5, 5.41) is 20.8. The third kappa shape index (κ3) is 10.1. The van der Waals surface area contributed by atoms with Crippen molar-refractivity contribution in [3.63, 3.8) is 0 Å². The smallest absolute Gasteiger partial charge is 0.414 e. The Kier molecular flexibility index (Phi) is 7.60. The number of hydrogen-bond donors (Lipinski definition) is 4. The van der Waals surface area contributed by atoms with Crippen LogP contribution in [0.3, 0.4) is 0 Å². The maximum absolute atomic E-state index is 11.3. The van der Waals surface area contributed by atoms with Gasteiger partial charge in [0.25, 0.3) is 0 Å². The fourth-order valence-electron chi connectivity index (χ4n) is 1.43. The lowest BCUT2D eigenvalue weighted by atomic mass is 10.1. The maximum atomic E-state index is 11.3. The van der Waals surface area contributed by atoms with Crippen molar-refractivity contribution in [2.24, 2.45) is 5.92 Å². The molecule has 1 aliphatic heterocycles. The van der Waals surface area contributed by atoms with Crippen LogP contribution in [0, 0.1) is 5.92 Å². The number of carbonyl (C=O) groups is 3. The van der Waals surface area contributed by atoms with Gasteiger partial charge in [0.2, 0.25) is 0 Å². The highest BCUT2D eigenvalue weighted by Crippen LogP contribution is 2.08. The molecule has 0 aliphatic carbocycles. The van der Waals surface area contributed by atoms with Gasteiger partial charge in [0.05, 0.1) is 0 Å². The first-order valence-corrected chi connectivity index (χ1v) is 6.25. The van der Waals surface area contributed by atoms with E-state index >= 15 is 0 Å². The molecule has 4 N–H and O–H groups in total. The molecule has 0 spiro atoms. The Morgan fingerprint density at radius 3 is 2.15 bits per heavy atom. The Hall–Kier alpha value is -1.83. The number of ether oxygens (including phenoxy) is 1. The van der Waals surface area contributed by atoms with E-state index in [1.54, 1.807) is 0 Å². The quantitative estimate of drug-likeness (QED) is 0.538. The molecule has 1 saturated heterocycles. The third-order valence-electron chi connectivity index (χ3n) is 2.28. The number of hydrogen-bond acceptors (Lipinski definition) is 5. The molecule has 0 aromatic carbocycles. The average Bonchev–Trinajstić information content (AvgIpc) is 2.77. The lowest BCUT2D eigenvalue weighted by Gasteiger charge is -2.20. The van der Waals surface area contributed by atoms with E-state index in [1.165, 1.54) is 0 Å². The Bertz CT molecular complexity index is 332. The predicted octanol–water partition coefficient (Wildman–Crippen LogP) is 0.276. The molecule has 1 aliphatic rings. The molecule has 0 unspecified atom stereocenters. The third-order valence-corrected chi connectivity index (χ3v) is 2.28. The standard InChI is InChI=1S/C10H20N2O2.C2H2O4/c1-10(2,3)14-9(13)12-7-8-4-5-11-6-8;3-1(4)2(5)6/h8,11H,4-7H2,1-3H3,(H,12,13);(H,3,4)(H,5,6)/t8-;/m1./s1. The largest absolute Gasteiger partial charge is 0.473 e. The van der Waals surface area contributed by atoms with E-state index in [-0.39, 0.29) is 6.09 Å². The summed E-state index contributed by atoms with van der Waals surface area (Å²) in [5.41, 5.74) is -0.405. The minimum absolute atomic E-state index is 0.315. The van der Waals surface area contributed by atoms with E-state index in [0.29, 0.717) is 12.5 Å². The van der Waals surface area contributed by atoms with Gasteiger partial charge in [-0.15, -0.1) is 0 Å². The summed E-state index contributed by atoms with van der Waals surface area (Å²) in [5.74, 6) is -3.09. The molecule has 0 saturated carbocycles. The summed E-state index contributed by atoms with van der Waals surface area (Å²) in [6, 6.07) is 0. The van der Waals surface area contributed by atoms with Gasteiger partial charge in [0.15, 0.2) is 0 Å². The van der Waals surface area contributed by atoms with Crippen molar-refractivity contribution in [3.8, 4) is 0 Å². The molecule has 1 heterocycles. The molecule has 1 atom stereocenters. The molecule has 0 aromatic rings. The van der Waals surface area contributed by atoms with E-state index in [1.807, 2.05) is 20.8 Å². The van der Waals surface area contributed by atoms with Crippen LogP contribution < -0.4 is 10.6 Å². The van der Waals surface area contributed by atoms with E-state index < -0.39 is 17.5 Å². The zero-order chi connectivity index (χ0) is 15.8. The second-order valence-corrected chi connectivity index (χ2v) is 5.35. The van der Waals surface area contributed by atoms with Crippen LogP contribution in [0.2, 0.25) is 0 Å². The number of rotatable bonds is 2. The number of amides is 1. The Morgan fingerprint density at radius 2 is 1.80 bits per heavy atom. The fraction of sp³-hybridized carbons (Fsp3) is 0.750. The number of carboxylic acids is 2. The normalized spacial score (nSPS) is 17.6. The van der Waals surface area contributed by atoms with Crippen molar-refractivity contribution >= 4 is 18.0 Å². The first kappa shape index (κ1) is 18.2. The summed E-state index contributed by atoms with van der Waals surface area (Å²) >= 11 is 0. The maximum Gasteiger partial charge on any atom is 0.414 e. The second kappa shape index (κ2) is 8.36. The van der Waals surface area contributed by atoms with E-state index in [0.717, 1.165) is 19.5 Å². The molecule has 0 radical (unpaired) electrons. The van der Waals surface area contributed by atoms with E-state index in [9.17, 15) is 4.79 Å². The van der Waals surface area contributed by atoms with Crippen LogP contribution in [-0.2, 0) is 14.3 Å². The van der Waals surface area contributed by atoms with Crippen molar-refractivity contribution in [2.75, 3.05) is 19.6 Å². The minimum Gasteiger partial charge on any atom is -0.473 e. The first-order chi connectivity index (χ1) is 9.11. The number of carbonyl (C=O) groups excluding carboxylic acids is 1. The molecule has 1 fully saturated rings. The molecule has 116 valence electrons. The fourth-order valence-corrected chi connectivity index (χ4v) is 1.43. The van der Waals surface area contributed by atoms with Gasteiger partial charge in [-0.2, -0.15) is 0 Å². The summed E-state index contributed by atoms with van der Waals surface area (Å²) < 4.78 is 5.13. The van der Waals surface area contributed by atoms with Crippen LogP contribution in [-0.4, -0.2) is 53.5 Å². The van der Waals surface area contributed by atoms with Gasteiger partial charge < -0.3 is 25.6 Å². The number of alkyl carbamates (subject to hydrolysis) is 1. The van der Waals surface area contributed by atoms with Crippen molar-refractivity contribution in [2.45, 2.75) is 32.8 Å². The van der Waals surface area contributed by atoms with Crippen molar-refractivity contribution in [3.05, 3.63) is 0 Å². The second-order valence-electron chi connectivity index (χ2n) is 5.35. The molecule has 1 amide bonds. The Balaban J connectivity index is 0.000000511. The van der Waals surface area contributed by atoms with Gasteiger partial charge in [-0.1, -0.05) is 0 Å². The average molecular weight is 290 g/mol. The molecule has 8 heteroatoms. The van der Waals surface area contributed by atoms with Crippen molar-refractivity contribution in [1.29, 1.82) is 0 Å². The van der Waals surface area contributed by atoms with Gasteiger partial charge in [-0.3, -0.25) is 0 Å². The van der Waals surface area contributed by atoms with Gasteiger partial charge in [0, 0.05) is 6.54 Å². The molecule has 0 aromatic heterocycles. The highest BCUT2D eigenvalue weighted by molar-refractivity contribution is 6.27. The summed E-state index contributed by atoms with van der Waals surface area (Å²) in [6.07, 6.45) is 0.819. The number of nitrogens with one attached hydrogen (secondary N) is 2. The molecule has 8 nitrogen and oxygen atoms in total. The molecule has 0 bridgehead atoms. The van der Waals surface area contributed by atoms with Crippen LogP contribution in [0.15, 0.2) is 0 Å². The highest BCUT2D eigenvalue weighted by Gasteiger charge is 2.18. The van der Waals surface area contributed by atoms with Crippen LogP contribution in [0.25, 0.3) is 0 Å². The first-order valence-electron chi connectivity index (χ1n) is 6.25. The zero-order valence-electron chi connectivity index (χ0n) is 11.9. The number of carboxylic acid groups (broad SMARTS) is 2. The van der Waals surface area contributed by atoms with Gasteiger partial charge in [-0.25, -0.2) is 14.4 Å². The van der Waals surface area contributed by atoms with Gasteiger partial charge >= 0.3 is 18.0 Å². The summed E-state index contributed by atoms with van der Waals surface area (Å²) in [4.78, 5) is 29.5. The molecule has 1 rings (SSSR count). The Labute approximate surface area is 117 Å². The lowest BCUT2D eigenvalue weighted by molar-refractivity contribution is -0.159. The zero-order valence-corrected chi connectivity index (χ0v) is 11.9. The minimum atomic E-state index is -1.82. The predicted molar refractivity (Wildman–Crippen MR) is 70.5 cm³/mol. The van der Waals surface area contributed by atoms with Crippen molar-refractivity contribution in [1.82, 2.24) is 10.6 Å². The van der Waals surface area contributed by atoms with Gasteiger partial charge in [-0.05, 0) is 46.2 Å². The lowest BCUT2D eigenvalue weighted by Crippen LogP contribution is -2.35. The van der Waals surface area contributed by atoms with E-state index in [4.69, 9.17) is 24.5 Å².